The van der Waals surface area contributed by atoms with Crippen molar-refractivity contribution in [2.45, 2.75) is 13.8 Å². The Morgan fingerprint density at radius 2 is 1.91 bits per heavy atom. The fourth-order valence-electron chi connectivity index (χ4n) is 3.38. The summed E-state index contributed by atoms with van der Waals surface area (Å²) < 4.78 is 34.0. The van der Waals surface area contributed by atoms with E-state index in [-0.39, 0.29) is 12.1 Å². The molecule has 3 N–H and O–H groups in total. The number of carbonyl (C=O) groups is 1. The molecule has 0 fully saturated rings. The number of aromatic nitrogens is 3. The highest BCUT2D eigenvalue weighted by Gasteiger charge is 2.26. The minimum absolute atomic E-state index is 0.0694. The number of primary amides is 1. The second-order valence-electron chi connectivity index (χ2n) is 8.44. The quantitative estimate of drug-likeness (QED) is 0.416. The van der Waals surface area contributed by atoms with Gasteiger partial charge in [-0.3, -0.25) is 9.78 Å². The normalized spacial score (nSPS) is 11.4. The predicted molar refractivity (Wildman–Crippen MR) is 126 cm³/mol. The summed E-state index contributed by atoms with van der Waals surface area (Å²) >= 11 is 0. The summed E-state index contributed by atoms with van der Waals surface area (Å²) in [4.78, 5) is 25.3. The Hall–Kier alpha value is -4.14. The molecule has 0 aliphatic carbocycles. The van der Waals surface area contributed by atoms with E-state index in [1.807, 2.05) is 6.07 Å². The first-order valence-electron chi connectivity index (χ1n) is 10.5. The van der Waals surface area contributed by atoms with Crippen molar-refractivity contribution < 1.29 is 18.3 Å². The van der Waals surface area contributed by atoms with E-state index in [1.165, 1.54) is 7.11 Å². The second kappa shape index (κ2) is 9.01. The molecular formula is C25H23F2N5O2. The van der Waals surface area contributed by atoms with E-state index in [4.69, 9.17) is 10.5 Å². The molecule has 7 nitrogen and oxygen atoms in total. The lowest BCUT2D eigenvalue weighted by Gasteiger charge is -2.22. The molecule has 2 heterocycles. The van der Waals surface area contributed by atoms with Gasteiger partial charge >= 0.3 is 0 Å². The number of pyridine rings is 1. The van der Waals surface area contributed by atoms with Gasteiger partial charge in [-0.2, -0.15) is 0 Å². The minimum atomic E-state index is -0.873. The summed E-state index contributed by atoms with van der Waals surface area (Å²) in [6.07, 6.45) is 3.26. The van der Waals surface area contributed by atoms with Crippen LogP contribution in [0.3, 0.4) is 0 Å². The maximum atomic E-state index is 14.6. The third-order valence-electron chi connectivity index (χ3n) is 5.51. The second-order valence-corrected chi connectivity index (χ2v) is 8.44. The Balaban J connectivity index is 1.95. The van der Waals surface area contributed by atoms with Crippen LogP contribution in [-0.4, -0.2) is 34.5 Å². The average molecular weight is 463 g/mol. The molecule has 0 bridgehead atoms. The summed E-state index contributed by atoms with van der Waals surface area (Å²) in [6, 6.07) is 10.1. The molecule has 2 aromatic heterocycles. The lowest BCUT2D eigenvalue weighted by Crippen LogP contribution is -2.37. The topological polar surface area (TPSA) is 103 Å². The summed E-state index contributed by atoms with van der Waals surface area (Å²) in [6.45, 7) is 3.60. The van der Waals surface area contributed by atoms with E-state index in [0.717, 1.165) is 18.2 Å². The van der Waals surface area contributed by atoms with Gasteiger partial charge in [0.1, 0.15) is 28.7 Å². The Kier molecular flexibility index (Phi) is 6.10. The molecule has 0 radical (unpaired) electrons. The molecule has 0 aliphatic rings. The Bertz CT molecular complexity index is 1380. The number of fused-ring (bicyclic) bond motifs is 1. The zero-order chi connectivity index (χ0) is 24.5. The zero-order valence-electron chi connectivity index (χ0n) is 18.9. The molecule has 1 amide bonds. The van der Waals surface area contributed by atoms with Crippen LogP contribution in [0.2, 0.25) is 0 Å². The SMILES string of the molecule is COc1cc(-c2cc(F)ccc2F)cc2c(NCC(C)(C)C(N)=O)nc(-c3cccnc3)nc12. The number of hydrogen-bond donors (Lipinski definition) is 2. The van der Waals surface area contributed by atoms with Gasteiger partial charge in [0.25, 0.3) is 0 Å². The van der Waals surface area contributed by atoms with Gasteiger partial charge in [-0.15, -0.1) is 0 Å². The third-order valence-corrected chi connectivity index (χ3v) is 5.51. The van der Waals surface area contributed by atoms with Gasteiger partial charge in [0, 0.05) is 35.5 Å². The van der Waals surface area contributed by atoms with Gasteiger partial charge in [-0.05, 0) is 61.9 Å². The highest BCUT2D eigenvalue weighted by molar-refractivity contribution is 5.98. The number of ether oxygens (including phenoxy) is 1. The fourth-order valence-corrected chi connectivity index (χ4v) is 3.38. The van der Waals surface area contributed by atoms with Crippen molar-refractivity contribution in [2.24, 2.45) is 11.1 Å². The zero-order valence-corrected chi connectivity index (χ0v) is 18.9. The number of carbonyl (C=O) groups excluding carboxylic acids is 1. The fraction of sp³-hybridized carbons (Fsp3) is 0.200. The first-order chi connectivity index (χ1) is 16.2. The van der Waals surface area contributed by atoms with Crippen LogP contribution in [0.25, 0.3) is 33.4 Å². The number of methoxy groups -OCH3 is 1. The molecule has 4 aromatic rings. The molecule has 174 valence electrons. The number of benzene rings is 2. The number of nitrogens with zero attached hydrogens (tertiary/aromatic N) is 3. The van der Waals surface area contributed by atoms with Crippen molar-refractivity contribution in [3.63, 3.8) is 0 Å². The van der Waals surface area contributed by atoms with E-state index >= 15 is 0 Å². The molecule has 0 aliphatic heterocycles. The standard InChI is InChI=1S/C25H23F2N5O2/c1-25(2,24(28)33)13-30-23-18-9-15(17-11-16(26)6-7-19(17)27)10-20(34-3)21(18)31-22(32-23)14-5-4-8-29-12-14/h4-12H,13H2,1-3H3,(H2,28,33)(H,30,31,32). The van der Waals surface area contributed by atoms with Gasteiger partial charge in [0.2, 0.25) is 5.91 Å². The number of halogens is 2. The van der Waals surface area contributed by atoms with Crippen molar-refractivity contribution in [2.75, 3.05) is 19.0 Å². The maximum Gasteiger partial charge on any atom is 0.224 e. The van der Waals surface area contributed by atoms with E-state index < -0.39 is 23.0 Å². The van der Waals surface area contributed by atoms with Gasteiger partial charge in [-0.1, -0.05) is 0 Å². The number of amides is 1. The largest absolute Gasteiger partial charge is 0.494 e. The molecule has 0 saturated heterocycles. The average Bonchev–Trinajstić information content (AvgIpc) is 2.83. The lowest BCUT2D eigenvalue weighted by molar-refractivity contribution is -0.125. The summed E-state index contributed by atoms with van der Waals surface area (Å²) in [7, 11) is 1.47. The lowest BCUT2D eigenvalue weighted by atomic mass is 9.92. The highest BCUT2D eigenvalue weighted by Crippen LogP contribution is 2.37. The first kappa shape index (κ1) is 23.0. The number of nitrogens with one attached hydrogen (secondary N) is 1. The highest BCUT2D eigenvalue weighted by atomic mass is 19.1. The number of rotatable bonds is 7. The smallest absolute Gasteiger partial charge is 0.224 e. The summed E-state index contributed by atoms with van der Waals surface area (Å²) in [5, 5.41) is 3.69. The van der Waals surface area contributed by atoms with Crippen LogP contribution >= 0.6 is 0 Å². The Labute approximate surface area is 195 Å². The number of hydrogen-bond acceptors (Lipinski definition) is 6. The third kappa shape index (κ3) is 4.50. The summed E-state index contributed by atoms with van der Waals surface area (Å²) in [5.41, 5.74) is 6.23. The Morgan fingerprint density at radius 1 is 1.12 bits per heavy atom. The van der Waals surface area contributed by atoms with Crippen molar-refractivity contribution in [3.8, 4) is 28.3 Å². The van der Waals surface area contributed by atoms with Gasteiger partial charge in [0.05, 0.1) is 12.5 Å². The van der Waals surface area contributed by atoms with Crippen LogP contribution < -0.4 is 15.8 Å². The van der Waals surface area contributed by atoms with Gasteiger partial charge < -0.3 is 15.8 Å². The summed E-state index contributed by atoms with van der Waals surface area (Å²) in [5.74, 6) is -0.523. The van der Waals surface area contributed by atoms with E-state index in [2.05, 4.69) is 20.3 Å². The molecule has 2 aromatic carbocycles. The van der Waals surface area contributed by atoms with Crippen LogP contribution in [0, 0.1) is 17.0 Å². The molecule has 0 unspecified atom stereocenters. The van der Waals surface area contributed by atoms with E-state index in [9.17, 15) is 13.6 Å². The van der Waals surface area contributed by atoms with Crippen molar-refractivity contribution >= 4 is 22.6 Å². The Morgan fingerprint density at radius 3 is 2.59 bits per heavy atom. The molecule has 0 atom stereocenters. The van der Waals surface area contributed by atoms with Crippen LogP contribution in [-0.2, 0) is 4.79 Å². The van der Waals surface area contributed by atoms with Crippen LogP contribution in [0.4, 0.5) is 14.6 Å². The van der Waals surface area contributed by atoms with Crippen molar-refractivity contribution in [3.05, 3.63) is 66.5 Å². The maximum absolute atomic E-state index is 14.6. The van der Waals surface area contributed by atoms with Crippen LogP contribution in [0.15, 0.2) is 54.9 Å². The minimum Gasteiger partial charge on any atom is -0.494 e. The molecule has 9 heteroatoms. The van der Waals surface area contributed by atoms with Crippen molar-refractivity contribution in [1.29, 1.82) is 0 Å². The van der Waals surface area contributed by atoms with Gasteiger partial charge in [0.15, 0.2) is 5.82 Å². The van der Waals surface area contributed by atoms with Crippen LogP contribution in [0.5, 0.6) is 5.75 Å². The van der Waals surface area contributed by atoms with E-state index in [1.54, 1.807) is 44.4 Å². The van der Waals surface area contributed by atoms with Crippen LogP contribution in [0.1, 0.15) is 13.8 Å². The molecule has 0 saturated carbocycles. The molecule has 4 rings (SSSR count). The molecular weight excluding hydrogens is 440 g/mol. The number of anilines is 1. The van der Waals surface area contributed by atoms with Gasteiger partial charge in [-0.25, -0.2) is 18.7 Å². The monoisotopic (exact) mass is 463 g/mol. The predicted octanol–water partition coefficient (Wildman–Crippen LogP) is 4.57. The molecule has 34 heavy (non-hydrogen) atoms. The number of nitrogens with two attached hydrogens (primary N) is 1. The first-order valence-corrected chi connectivity index (χ1v) is 10.5. The van der Waals surface area contributed by atoms with E-state index in [0.29, 0.717) is 39.4 Å². The molecule has 0 spiro atoms. The van der Waals surface area contributed by atoms with Crippen molar-refractivity contribution in [1.82, 2.24) is 15.0 Å².